The Morgan fingerprint density at radius 1 is 1.17 bits per heavy atom. The maximum absolute atomic E-state index is 12.3. The predicted molar refractivity (Wildman–Crippen MR) is 93.3 cm³/mol. The van der Waals surface area contributed by atoms with Crippen LogP contribution in [0.3, 0.4) is 0 Å². The fourth-order valence-corrected chi connectivity index (χ4v) is 3.64. The number of nitrogens with zero attached hydrogens (tertiary/aromatic N) is 1. The van der Waals surface area contributed by atoms with E-state index in [0.717, 1.165) is 61.3 Å². The van der Waals surface area contributed by atoms with Crippen molar-refractivity contribution < 1.29 is 13.9 Å². The Bertz CT molecular complexity index is 780. The molecule has 2 aliphatic rings. The minimum absolute atomic E-state index is 0.0526. The van der Waals surface area contributed by atoms with Gasteiger partial charge in [0.2, 0.25) is 0 Å². The number of carbonyl (C=O) groups excluding carboxylic acids is 1. The van der Waals surface area contributed by atoms with Gasteiger partial charge in [-0.3, -0.25) is 4.79 Å². The first kappa shape index (κ1) is 15.3. The first-order valence-electron chi connectivity index (χ1n) is 8.82. The van der Waals surface area contributed by atoms with Crippen molar-refractivity contribution in [3.8, 4) is 5.75 Å². The smallest absolute Gasteiger partial charge is 0.260 e. The number of hydrogen-bond donors (Lipinski definition) is 0. The Hall–Kier alpha value is -2.23. The first-order chi connectivity index (χ1) is 11.7. The largest absolute Gasteiger partial charge is 0.484 e. The van der Waals surface area contributed by atoms with Gasteiger partial charge < -0.3 is 14.1 Å². The summed E-state index contributed by atoms with van der Waals surface area (Å²) in [5, 5.41) is 1.14. The molecule has 1 aromatic carbocycles. The molecular weight excluding hydrogens is 302 g/mol. The van der Waals surface area contributed by atoms with Crippen LogP contribution in [0, 0.1) is 0 Å². The summed E-state index contributed by atoms with van der Waals surface area (Å²) in [6, 6.07) is 5.87. The van der Waals surface area contributed by atoms with E-state index in [0.29, 0.717) is 0 Å². The van der Waals surface area contributed by atoms with Crippen molar-refractivity contribution >= 4 is 16.9 Å². The second kappa shape index (κ2) is 6.34. The van der Waals surface area contributed by atoms with Crippen LogP contribution in [-0.2, 0) is 17.6 Å². The minimum Gasteiger partial charge on any atom is -0.484 e. The van der Waals surface area contributed by atoms with E-state index in [2.05, 4.69) is 6.58 Å². The molecule has 1 saturated heterocycles. The molecule has 126 valence electrons. The molecule has 0 unspecified atom stereocenters. The third-order valence-electron chi connectivity index (χ3n) is 5.11. The van der Waals surface area contributed by atoms with Crippen molar-refractivity contribution in [1.29, 1.82) is 0 Å². The van der Waals surface area contributed by atoms with E-state index in [1.807, 2.05) is 23.1 Å². The normalized spacial score (nSPS) is 17.8. The van der Waals surface area contributed by atoms with Crippen LogP contribution in [0.15, 0.2) is 34.8 Å². The molecule has 0 saturated carbocycles. The molecule has 0 spiro atoms. The van der Waals surface area contributed by atoms with Gasteiger partial charge in [-0.05, 0) is 50.3 Å². The fraction of sp³-hybridized carbons (Fsp3) is 0.450. The molecule has 0 bridgehead atoms. The van der Waals surface area contributed by atoms with Crippen molar-refractivity contribution in [2.24, 2.45) is 0 Å². The summed E-state index contributed by atoms with van der Waals surface area (Å²) >= 11 is 0. The summed E-state index contributed by atoms with van der Waals surface area (Å²) in [4.78, 5) is 14.1. The molecule has 4 heteroatoms. The summed E-state index contributed by atoms with van der Waals surface area (Å²) in [6.07, 6.45) is 6.32. The molecular formula is C20H23NO3. The third kappa shape index (κ3) is 2.93. The van der Waals surface area contributed by atoms with Gasteiger partial charge in [-0.2, -0.15) is 0 Å². The van der Waals surface area contributed by atoms with Crippen molar-refractivity contribution in [3.05, 3.63) is 41.7 Å². The molecule has 1 amide bonds. The molecule has 2 aromatic rings. The molecule has 1 fully saturated rings. The Morgan fingerprint density at radius 2 is 1.96 bits per heavy atom. The lowest BCUT2D eigenvalue weighted by Crippen LogP contribution is -2.39. The molecule has 0 radical (unpaired) electrons. The molecule has 1 aliphatic heterocycles. The molecule has 2 heterocycles. The lowest BCUT2D eigenvalue weighted by atomic mass is 9.96. The molecule has 4 rings (SSSR count). The van der Waals surface area contributed by atoms with Gasteiger partial charge in [0.05, 0.1) is 0 Å². The van der Waals surface area contributed by atoms with Crippen molar-refractivity contribution in [1.82, 2.24) is 4.90 Å². The van der Waals surface area contributed by atoms with Crippen LogP contribution >= 0.6 is 0 Å². The van der Waals surface area contributed by atoms with Crippen molar-refractivity contribution in [2.45, 2.75) is 38.5 Å². The highest BCUT2D eigenvalue weighted by Crippen LogP contribution is 2.33. The van der Waals surface area contributed by atoms with Crippen LogP contribution in [0.5, 0.6) is 5.75 Å². The van der Waals surface area contributed by atoms with Gasteiger partial charge in [0.15, 0.2) is 6.61 Å². The Balaban J connectivity index is 1.45. The quantitative estimate of drug-likeness (QED) is 0.805. The Labute approximate surface area is 142 Å². The van der Waals surface area contributed by atoms with Gasteiger partial charge in [0.1, 0.15) is 17.1 Å². The molecule has 0 N–H and O–H groups in total. The number of fused-ring (bicyclic) bond motifs is 3. The van der Waals surface area contributed by atoms with Crippen LogP contribution in [0.25, 0.3) is 11.0 Å². The third-order valence-corrected chi connectivity index (χ3v) is 5.11. The predicted octanol–water partition coefficient (Wildman–Crippen LogP) is 3.87. The van der Waals surface area contributed by atoms with Crippen LogP contribution in [-0.4, -0.2) is 30.5 Å². The number of benzene rings is 1. The van der Waals surface area contributed by atoms with E-state index in [4.69, 9.17) is 9.15 Å². The second-order valence-corrected chi connectivity index (χ2v) is 6.79. The summed E-state index contributed by atoms with van der Waals surface area (Å²) in [7, 11) is 0. The standard InChI is InChI=1S/C20H23NO3/c1-14-8-10-21(11-9-14)20(22)13-23-15-6-7-19-17(12-15)16-4-2-3-5-18(16)24-19/h6-7,12H,1-5,8-11,13H2. The van der Waals surface area contributed by atoms with Crippen molar-refractivity contribution in [2.75, 3.05) is 19.7 Å². The molecule has 1 aromatic heterocycles. The first-order valence-corrected chi connectivity index (χ1v) is 8.82. The Kier molecular flexibility index (Phi) is 4.05. The highest BCUT2D eigenvalue weighted by molar-refractivity contribution is 5.84. The summed E-state index contributed by atoms with van der Waals surface area (Å²) < 4.78 is 11.7. The average molecular weight is 325 g/mol. The SMILES string of the molecule is C=C1CCN(C(=O)COc2ccc3oc4c(c3c2)CCCC4)CC1. The van der Waals surface area contributed by atoms with Gasteiger partial charge in [0.25, 0.3) is 5.91 Å². The van der Waals surface area contributed by atoms with Gasteiger partial charge in [-0.25, -0.2) is 0 Å². The molecule has 1 aliphatic carbocycles. The van der Waals surface area contributed by atoms with E-state index in [9.17, 15) is 4.79 Å². The average Bonchev–Trinajstić information content (AvgIpc) is 2.98. The zero-order valence-corrected chi connectivity index (χ0v) is 14.0. The van der Waals surface area contributed by atoms with Gasteiger partial charge in [0, 0.05) is 30.5 Å². The number of piperidine rings is 1. The topological polar surface area (TPSA) is 42.7 Å². The number of hydrogen-bond acceptors (Lipinski definition) is 3. The number of ether oxygens (including phenoxy) is 1. The van der Waals surface area contributed by atoms with Crippen LogP contribution in [0.2, 0.25) is 0 Å². The van der Waals surface area contributed by atoms with Crippen LogP contribution in [0.4, 0.5) is 0 Å². The number of furan rings is 1. The highest BCUT2D eigenvalue weighted by Gasteiger charge is 2.20. The zero-order valence-electron chi connectivity index (χ0n) is 14.0. The molecule has 24 heavy (non-hydrogen) atoms. The maximum atomic E-state index is 12.3. The summed E-state index contributed by atoms with van der Waals surface area (Å²) in [5.41, 5.74) is 3.48. The number of likely N-dealkylation sites (tertiary alicyclic amines) is 1. The van der Waals surface area contributed by atoms with Gasteiger partial charge in [-0.1, -0.05) is 12.2 Å². The number of aryl methyl sites for hydroxylation is 2. The molecule has 4 nitrogen and oxygen atoms in total. The van der Waals surface area contributed by atoms with E-state index in [1.165, 1.54) is 24.0 Å². The monoisotopic (exact) mass is 325 g/mol. The van der Waals surface area contributed by atoms with Crippen LogP contribution < -0.4 is 4.74 Å². The maximum Gasteiger partial charge on any atom is 0.260 e. The van der Waals surface area contributed by atoms with E-state index >= 15 is 0 Å². The van der Waals surface area contributed by atoms with Gasteiger partial charge >= 0.3 is 0 Å². The van der Waals surface area contributed by atoms with Gasteiger partial charge in [-0.15, -0.1) is 0 Å². The number of carbonyl (C=O) groups is 1. The number of amides is 1. The van der Waals surface area contributed by atoms with Crippen molar-refractivity contribution in [3.63, 3.8) is 0 Å². The molecule has 0 atom stereocenters. The summed E-state index contributed by atoms with van der Waals surface area (Å²) in [6.45, 7) is 5.60. The Morgan fingerprint density at radius 3 is 2.79 bits per heavy atom. The van der Waals surface area contributed by atoms with E-state index < -0.39 is 0 Å². The second-order valence-electron chi connectivity index (χ2n) is 6.79. The van der Waals surface area contributed by atoms with E-state index in [1.54, 1.807) is 0 Å². The van der Waals surface area contributed by atoms with E-state index in [-0.39, 0.29) is 12.5 Å². The lowest BCUT2D eigenvalue weighted by Gasteiger charge is -2.27. The lowest BCUT2D eigenvalue weighted by molar-refractivity contribution is -0.133. The highest BCUT2D eigenvalue weighted by atomic mass is 16.5. The fourth-order valence-electron chi connectivity index (χ4n) is 3.64. The zero-order chi connectivity index (χ0) is 16.5. The number of rotatable bonds is 3. The van der Waals surface area contributed by atoms with Crippen LogP contribution in [0.1, 0.15) is 37.0 Å². The minimum atomic E-state index is 0.0526. The summed E-state index contributed by atoms with van der Waals surface area (Å²) in [5.74, 6) is 1.92.